The van der Waals surface area contributed by atoms with Gasteiger partial charge < -0.3 is 14.4 Å². The van der Waals surface area contributed by atoms with E-state index < -0.39 is 0 Å². The van der Waals surface area contributed by atoms with Crippen molar-refractivity contribution >= 4 is 11.6 Å². The van der Waals surface area contributed by atoms with Gasteiger partial charge in [0.2, 0.25) is 0 Å². The quantitative estimate of drug-likeness (QED) is 0.891. The van der Waals surface area contributed by atoms with Gasteiger partial charge in [0.05, 0.1) is 5.56 Å². The van der Waals surface area contributed by atoms with Crippen LogP contribution in [0.4, 0.5) is 0 Å². The second kappa shape index (κ2) is 4.51. The van der Waals surface area contributed by atoms with Gasteiger partial charge in [-0.05, 0) is 18.2 Å². The van der Waals surface area contributed by atoms with Gasteiger partial charge in [-0.25, -0.2) is 0 Å². The molecule has 0 aliphatic heterocycles. The van der Waals surface area contributed by atoms with E-state index in [1.165, 1.54) is 13.2 Å². The number of phenolic OH excluding ortho intramolecular Hbond substituents is 1. The van der Waals surface area contributed by atoms with Crippen molar-refractivity contribution in [2.75, 3.05) is 7.11 Å². The summed E-state index contributed by atoms with van der Waals surface area (Å²) < 4.78 is 9.84. The molecule has 0 unspecified atom stereocenters. The Morgan fingerprint density at radius 1 is 1.50 bits per heavy atom. The summed E-state index contributed by atoms with van der Waals surface area (Å²) in [5.41, 5.74) is 0.405. The molecule has 0 bridgehead atoms. The third kappa shape index (κ3) is 2.15. The number of ether oxygens (including phenoxy) is 1. The van der Waals surface area contributed by atoms with E-state index in [1.54, 1.807) is 12.1 Å². The average molecular weight is 241 g/mol. The van der Waals surface area contributed by atoms with Gasteiger partial charge in [0.25, 0.3) is 5.89 Å². The smallest absolute Gasteiger partial charge is 0.261 e. The number of halogens is 1. The van der Waals surface area contributed by atoms with Crippen molar-refractivity contribution in [3.05, 3.63) is 29.0 Å². The number of benzene rings is 1. The number of hydrogen-bond acceptors (Lipinski definition) is 5. The first-order valence-electron chi connectivity index (χ1n) is 4.51. The lowest BCUT2D eigenvalue weighted by Crippen LogP contribution is -1.89. The highest BCUT2D eigenvalue weighted by molar-refractivity contribution is 6.30. The highest BCUT2D eigenvalue weighted by Crippen LogP contribution is 2.30. The lowest BCUT2D eigenvalue weighted by molar-refractivity contribution is 0.174. The molecule has 16 heavy (non-hydrogen) atoms. The SMILES string of the molecule is COCc1noc(-c2cc(Cl)ccc2O)n1. The minimum atomic E-state index is 0.0389. The van der Waals surface area contributed by atoms with E-state index in [1.807, 2.05) is 0 Å². The van der Waals surface area contributed by atoms with Crippen LogP contribution in [0.15, 0.2) is 22.7 Å². The maximum atomic E-state index is 9.61. The largest absolute Gasteiger partial charge is 0.507 e. The van der Waals surface area contributed by atoms with Crippen LogP contribution in [0.2, 0.25) is 5.02 Å². The van der Waals surface area contributed by atoms with Crippen LogP contribution in [-0.2, 0) is 11.3 Å². The molecule has 0 saturated heterocycles. The minimum absolute atomic E-state index is 0.0389. The molecule has 2 aromatic rings. The Morgan fingerprint density at radius 2 is 2.31 bits per heavy atom. The summed E-state index contributed by atoms with van der Waals surface area (Å²) in [5.74, 6) is 0.668. The van der Waals surface area contributed by atoms with Crippen molar-refractivity contribution in [3.8, 4) is 17.2 Å². The van der Waals surface area contributed by atoms with Crippen molar-refractivity contribution in [1.82, 2.24) is 10.1 Å². The topological polar surface area (TPSA) is 68.4 Å². The van der Waals surface area contributed by atoms with E-state index in [-0.39, 0.29) is 18.2 Å². The lowest BCUT2D eigenvalue weighted by Gasteiger charge is -1.98. The summed E-state index contributed by atoms with van der Waals surface area (Å²) in [6.07, 6.45) is 0. The second-order valence-corrected chi connectivity index (χ2v) is 3.55. The first kappa shape index (κ1) is 10.9. The molecule has 0 radical (unpaired) electrons. The van der Waals surface area contributed by atoms with Crippen LogP contribution in [0.5, 0.6) is 5.75 Å². The van der Waals surface area contributed by atoms with E-state index in [4.69, 9.17) is 20.9 Å². The van der Waals surface area contributed by atoms with Crippen molar-refractivity contribution < 1.29 is 14.4 Å². The molecule has 1 N–H and O–H groups in total. The average Bonchev–Trinajstić information content (AvgIpc) is 2.71. The fourth-order valence-electron chi connectivity index (χ4n) is 1.23. The third-order valence-corrected chi connectivity index (χ3v) is 2.17. The molecular formula is C10H9ClN2O3. The molecule has 0 spiro atoms. The van der Waals surface area contributed by atoms with Crippen LogP contribution in [0.1, 0.15) is 5.82 Å². The molecule has 5 nitrogen and oxygen atoms in total. The molecule has 0 fully saturated rings. The summed E-state index contributed by atoms with van der Waals surface area (Å²) in [7, 11) is 1.53. The minimum Gasteiger partial charge on any atom is -0.507 e. The van der Waals surface area contributed by atoms with Crippen LogP contribution in [-0.4, -0.2) is 22.4 Å². The molecule has 0 amide bonds. The Bertz CT molecular complexity index is 499. The van der Waals surface area contributed by atoms with Crippen LogP contribution in [0.3, 0.4) is 0 Å². The first-order valence-corrected chi connectivity index (χ1v) is 4.89. The van der Waals surface area contributed by atoms with Crippen molar-refractivity contribution in [3.63, 3.8) is 0 Å². The van der Waals surface area contributed by atoms with Crippen molar-refractivity contribution in [2.24, 2.45) is 0 Å². The lowest BCUT2D eigenvalue weighted by atomic mass is 10.2. The fraction of sp³-hybridized carbons (Fsp3) is 0.200. The molecule has 0 saturated carbocycles. The van der Waals surface area contributed by atoms with Crippen molar-refractivity contribution in [2.45, 2.75) is 6.61 Å². The number of methoxy groups -OCH3 is 1. The van der Waals surface area contributed by atoms with Gasteiger partial charge in [-0.2, -0.15) is 4.98 Å². The molecular weight excluding hydrogens is 232 g/mol. The van der Waals surface area contributed by atoms with Gasteiger partial charge in [0.1, 0.15) is 12.4 Å². The van der Waals surface area contributed by atoms with Crippen LogP contribution >= 0.6 is 11.6 Å². The maximum absolute atomic E-state index is 9.61. The summed E-state index contributed by atoms with van der Waals surface area (Å²) in [6, 6.07) is 4.60. The van der Waals surface area contributed by atoms with Gasteiger partial charge >= 0.3 is 0 Å². The normalized spacial score (nSPS) is 10.6. The maximum Gasteiger partial charge on any atom is 0.261 e. The number of rotatable bonds is 3. The van der Waals surface area contributed by atoms with Crippen LogP contribution in [0, 0.1) is 0 Å². The van der Waals surface area contributed by atoms with E-state index >= 15 is 0 Å². The molecule has 1 aromatic heterocycles. The highest BCUT2D eigenvalue weighted by atomic mass is 35.5. The molecule has 1 heterocycles. The van der Waals surface area contributed by atoms with E-state index in [0.717, 1.165) is 0 Å². The molecule has 1 aromatic carbocycles. The number of phenols is 1. The Labute approximate surface area is 96.6 Å². The summed E-state index contributed by atoms with van der Waals surface area (Å²) in [5, 5.41) is 13.8. The standard InChI is InChI=1S/C10H9ClN2O3/c1-15-5-9-12-10(16-13-9)7-4-6(11)2-3-8(7)14/h2-4,14H,5H2,1H3. The van der Waals surface area contributed by atoms with Crippen molar-refractivity contribution in [1.29, 1.82) is 0 Å². The zero-order valence-corrected chi connectivity index (χ0v) is 9.23. The summed E-state index contributed by atoms with van der Waals surface area (Å²) in [6.45, 7) is 0.255. The van der Waals surface area contributed by atoms with Gasteiger partial charge in [0, 0.05) is 12.1 Å². The molecule has 0 atom stereocenters. The molecule has 84 valence electrons. The van der Waals surface area contributed by atoms with Gasteiger partial charge in [-0.15, -0.1) is 0 Å². The summed E-state index contributed by atoms with van der Waals surface area (Å²) >= 11 is 5.81. The summed E-state index contributed by atoms with van der Waals surface area (Å²) in [4.78, 5) is 4.05. The number of hydrogen-bond donors (Lipinski definition) is 1. The molecule has 0 aliphatic carbocycles. The highest BCUT2D eigenvalue weighted by Gasteiger charge is 2.13. The van der Waals surface area contributed by atoms with Gasteiger partial charge in [-0.1, -0.05) is 16.8 Å². The number of nitrogens with zero attached hydrogens (tertiary/aromatic N) is 2. The Hall–Kier alpha value is -1.59. The predicted molar refractivity (Wildman–Crippen MR) is 57.1 cm³/mol. The van der Waals surface area contributed by atoms with Gasteiger partial charge in [-0.3, -0.25) is 0 Å². The Kier molecular flexibility index (Phi) is 3.07. The molecule has 2 rings (SSSR count). The monoisotopic (exact) mass is 240 g/mol. The Balaban J connectivity index is 2.38. The predicted octanol–water partition coefficient (Wildman–Crippen LogP) is 2.24. The molecule has 6 heteroatoms. The zero-order valence-electron chi connectivity index (χ0n) is 8.48. The number of aromatic hydroxyl groups is 1. The first-order chi connectivity index (χ1) is 7.70. The fourth-order valence-corrected chi connectivity index (χ4v) is 1.40. The van der Waals surface area contributed by atoms with E-state index in [0.29, 0.717) is 16.4 Å². The van der Waals surface area contributed by atoms with E-state index in [9.17, 15) is 5.11 Å². The Morgan fingerprint density at radius 3 is 3.06 bits per heavy atom. The second-order valence-electron chi connectivity index (χ2n) is 3.11. The number of aromatic nitrogens is 2. The van der Waals surface area contributed by atoms with E-state index in [2.05, 4.69) is 10.1 Å². The zero-order chi connectivity index (χ0) is 11.5. The van der Waals surface area contributed by atoms with Crippen LogP contribution < -0.4 is 0 Å². The van der Waals surface area contributed by atoms with Gasteiger partial charge in [0.15, 0.2) is 5.82 Å². The molecule has 0 aliphatic rings. The third-order valence-electron chi connectivity index (χ3n) is 1.93. The van der Waals surface area contributed by atoms with Crippen LogP contribution in [0.25, 0.3) is 11.5 Å².